The Labute approximate surface area is 115 Å². The fourth-order valence-electron chi connectivity index (χ4n) is 1.47. The van der Waals surface area contributed by atoms with E-state index in [1.165, 1.54) is 18.2 Å². The third-order valence-corrected chi connectivity index (χ3v) is 2.71. The van der Waals surface area contributed by atoms with Gasteiger partial charge in [-0.05, 0) is 17.7 Å². The highest BCUT2D eigenvalue weighted by atomic mass is 35.5. The number of ether oxygens (including phenoxy) is 1. The van der Waals surface area contributed by atoms with E-state index in [1.807, 2.05) is 30.3 Å². The SMILES string of the molecule is O=C(Nc1ccc(O)cc1Cl)OCc1ccccc1. The van der Waals surface area contributed by atoms with Crippen LogP contribution in [0.15, 0.2) is 48.5 Å². The topological polar surface area (TPSA) is 58.6 Å². The van der Waals surface area contributed by atoms with Crippen LogP contribution in [0, 0.1) is 0 Å². The van der Waals surface area contributed by atoms with Gasteiger partial charge < -0.3 is 9.84 Å². The van der Waals surface area contributed by atoms with E-state index < -0.39 is 6.09 Å². The van der Waals surface area contributed by atoms with E-state index in [-0.39, 0.29) is 17.4 Å². The molecule has 0 aromatic heterocycles. The molecule has 4 nitrogen and oxygen atoms in total. The van der Waals surface area contributed by atoms with Gasteiger partial charge in [0.1, 0.15) is 12.4 Å². The van der Waals surface area contributed by atoms with Crippen LogP contribution in [-0.4, -0.2) is 11.2 Å². The normalized spacial score (nSPS) is 9.95. The maximum absolute atomic E-state index is 11.6. The number of amides is 1. The molecule has 0 aliphatic heterocycles. The van der Waals surface area contributed by atoms with Crippen LogP contribution >= 0.6 is 11.6 Å². The van der Waals surface area contributed by atoms with Crippen LogP contribution in [0.5, 0.6) is 5.75 Å². The van der Waals surface area contributed by atoms with Crippen molar-refractivity contribution in [2.24, 2.45) is 0 Å². The summed E-state index contributed by atoms with van der Waals surface area (Å²) in [6, 6.07) is 13.6. The monoisotopic (exact) mass is 277 g/mol. The molecule has 0 heterocycles. The van der Waals surface area contributed by atoms with Crippen molar-refractivity contribution in [2.75, 3.05) is 5.32 Å². The molecule has 0 unspecified atom stereocenters. The van der Waals surface area contributed by atoms with Crippen molar-refractivity contribution in [1.29, 1.82) is 0 Å². The van der Waals surface area contributed by atoms with Crippen molar-refractivity contribution in [3.63, 3.8) is 0 Å². The fourth-order valence-corrected chi connectivity index (χ4v) is 1.70. The number of carbonyl (C=O) groups is 1. The number of hydrogen-bond donors (Lipinski definition) is 2. The Morgan fingerprint density at radius 3 is 2.63 bits per heavy atom. The zero-order valence-electron chi connectivity index (χ0n) is 9.97. The van der Waals surface area contributed by atoms with Crippen LogP contribution < -0.4 is 5.32 Å². The Kier molecular flexibility index (Phi) is 4.26. The number of rotatable bonds is 3. The molecule has 0 fully saturated rings. The maximum Gasteiger partial charge on any atom is 0.412 e. The highest BCUT2D eigenvalue weighted by molar-refractivity contribution is 6.33. The molecule has 0 aliphatic rings. The van der Waals surface area contributed by atoms with Gasteiger partial charge in [0.25, 0.3) is 0 Å². The summed E-state index contributed by atoms with van der Waals surface area (Å²) in [6.45, 7) is 0.183. The van der Waals surface area contributed by atoms with E-state index in [0.29, 0.717) is 5.69 Å². The van der Waals surface area contributed by atoms with Crippen molar-refractivity contribution < 1.29 is 14.6 Å². The first-order valence-electron chi connectivity index (χ1n) is 5.61. The van der Waals surface area contributed by atoms with Gasteiger partial charge in [0.2, 0.25) is 0 Å². The molecule has 0 atom stereocenters. The fraction of sp³-hybridized carbons (Fsp3) is 0.0714. The van der Waals surface area contributed by atoms with Crippen LogP contribution in [0.25, 0.3) is 0 Å². The second-order valence-corrected chi connectivity index (χ2v) is 4.26. The summed E-state index contributed by atoms with van der Waals surface area (Å²) in [6.07, 6.45) is -0.601. The molecule has 19 heavy (non-hydrogen) atoms. The van der Waals surface area contributed by atoms with Crippen molar-refractivity contribution in [3.05, 3.63) is 59.1 Å². The largest absolute Gasteiger partial charge is 0.508 e. The standard InChI is InChI=1S/C14H12ClNO3/c15-12-8-11(17)6-7-13(12)16-14(18)19-9-10-4-2-1-3-5-10/h1-8,17H,9H2,(H,16,18). The van der Waals surface area contributed by atoms with E-state index in [0.717, 1.165) is 5.56 Å². The van der Waals surface area contributed by atoms with E-state index >= 15 is 0 Å². The lowest BCUT2D eigenvalue weighted by Crippen LogP contribution is -2.13. The number of anilines is 1. The molecule has 98 valence electrons. The molecule has 0 spiro atoms. The molecule has 0 saturated carbocycles. The van der Waals surface area contributed by atoms with Crippen molar-refractivity contribution in [2.45, 2.75) is 6.61 Å². The van der Waals surface area contributed by atoms with Gasteiger partial charge in [-0.25, -0.2) is 4.79 Å². The van der Waals surface area contributed by atoms with Crippen molar-refractivity contribution in [1.82, 2.24) is 0 Å². The summed E-state index contributed by atoms with van der Waals surface area (Å²) < 4.78 is 5.05. The lowest BCUT2D eigenvalue weighted by molar-refractivity contribution is 0.155. The number of halogens is 1. The number of benzene rings is 2. The van der Waals surface area contributed by atoms with Gasteiger partial charge in [-0.1, -0.05) is 41.9 Å². The van der Waals surface area contributed by atoms with E-state index in [1.54, 1.807) is 0 Å². The second kappa shape index (κ2) is 6.11. The van der Waals surface area contributed by atoms with E-state index in [4.69, 9.17) is 16.3 Å². The van der Waals surface area contributed by atoms with Crippen molar-refractivity contribution in [3.8, 4) is 5.75 Å². The summed E-state index contributed by atoms with van der Waals surface area (Å²) in [5.41, 5.74) is 1.28. The predicted molar refractivity (Wildman–Crippen MR) is 73.4 cm³/mol. The van der Waals surface area contributed by atoms with Gasteiger partial charge in [0.15, 0.2) is 0 Å². The summed E-state index contributed by atoms with van der Waals surface area (Å²) in [5, 5.41) is 11.9. The van der Waals surface area contributed by atoms with Crippen LogP contribution in [0.4, 0.5) is 10.5 Å². The number of aromatic hydroxyl groups is 1. The first-order chi connectivity index (χ1) is 9.15. The quantitative estimate of drug-likeness (QED) is 0.839. The minimum Gasteiger partial charge on any atom is -0.508 e. The number of nitrogens with one attached hydrogen (secondary N) is 1. The Balaban J connectivity index is 1.91. The average Bonchev–Trinajstić information content (AvgIpc) is 2.41. The first kappa shape index (κ1) is 13.2. The molecule has 0 saturated heterocycles. The number of phenolic OH excluding ortho intramolecular Hbond substituents is 1. The smallest absolute Gasteiger partial charge is 0.412 e. The highest BCUT2D eigenvalue weighted by Crippen LogP contribution is 2.26. The van der Waals surface area contributed by atoms with Gasteiger partial charge in [-0.2, -0.15) is 0 Å². The van der Waals surface area contributed by atoms with Crippen molar-refractivity contribution >= 4 is 23.4 Å². The molecule has 0 radical (unpaired) electrons. The zero-order chi connectivity index (χ0) is 13.7. The zero-order valence-corrected chi connectivity index (χ0v) is 10.7. The number of carbonyl (C=O) groups excluding carboxylic acids is 1. The van der Waals surface area contributed by atoms with Gasteiger partial charge >= 0.3 is 6.09 Å². The predicted octanol–water partition coefficient (Wildman–Crippen LogP) is 3.79. The molecular weight excluding hydrogens is 266 g/mol. The second-order valence-electron chi connectivity index (χ2n) is 3.85. The highest BCUT2D eigenvalue weighted by Gasteiger charge is 2.07. The van der Waals surface area contributed by atoms with Crippen LogP contribution in [0.1, 0.15) is 5.56 Å². The van der Waals surface area contributed by atoms with E-state index in [2.05, 4.69) is 5.32 Å². The Hall–Kier alpha value is -2.20. The average molecular weight is 278 g/mol. The summed E-state index contributed by atoms with van der Waals surface area (Å²) in [7, 11) is 0. The third-order valence-electron chi connectivity index (χ3n) is 2.40. The number of hydrogen-bond acceptors (Lipinski definition) is 3. The summed E-state index contributed by atoms with van der Waals surface area (Å²) in [4.78, 5) is 11.6. The minimum absolute atomic E-state index is 0.0354. The lowest BCUT2D eigenvalue weighted by atomic mass is 10.2. The van der Waals surface area contributed by atoms with Gasteiger partial charge in [0, 0.05) is 6.07 Å². The van der Waals surface area contributed by atoms with Gasteiger partial charge in [0.05, 0.1) is 10.7 Å². The van der Waals surface area contributed by atoms with Crippen LogP contribution in [-0.2, 0) is 11.3 Å². The van der Waals surface area contributed by atoms with Crippen LogP contribution in [0.3, 0.4) is 0 Å². The third kappa shape index (κ3) is 3.89. The Bertz CT molecular complexity index is 572. The van der Waals surface area contributed by atoms with E-state index in [9.17, 15) is 9.90 Å². The molecule has 5 heteroatoms. The maximum atomic E-state index is 11.6. The van der Waals surface area contributed by atoms with Gasteiger partial charge in [-0.3, -0.25) is 5.32 Å². The molecule has 0 bridgehead atoms. The summed E-state index contributed by atoms with van der Waals surface area (Å²) in [5.74, 6) is 0.0354. The lowest BCUT2D eigenvalue weighted by Gasteiger charge is -2.08. The molecule has 0 aliphatic carbocycles. The van der Waals surface area contributed by atoms with Crippen LogP contribution in [0.2, 0.25) is 5.02 Å². The first-order valence-corrected chi connectivity index (χ1v) is 5.99. The molecule has 1 amide bonds. The van der Waals surface area contributed by atoms with Gasteiger partial charge in [-0.15, -0.1) is 0 Å². The molecule has 2 rings (SSSR count). The number of phenols is 1. The molecule has 2 aromatic rings. The molecule has 2 aromatic carbocycles. The molecular formula is C14H12ClNO3. The summed E-state index contributed by atoms with van der Waals surface area (Å²) >= 11 is 5.86. The Morgan fingerprint density at radius 1 is 1.21 bits per heavy atom. The molecule has 2 N–H and O–H groups in total. The Morgan fingerprint density at radius 2 is 1.95 bits per heavy atom. The minimum atomic E-state index is -0.601.